The first-order valence-electron chi connectivity index (χ1n) is 3.32. The summed E-state index contributed by atoms with van der Waals surface area (Å²) in [4.78, 5) is 10.1. The van der Waals surface area contributed by atoms with Gasteiger partial charge in [0.2, 0.25) is 0 Å². The topological polar surface area (TPSA) is 43.1 Å². The van der Waals surface area contributed by atoms with E-state index < -0.39 is 4.92 Å². The molecule has 1 heterocycles. The van der Waals surface area contributed by atoms with E-state index in [-0.39, 0.29) is 5.69 Å². The highest BCUT2D eigenvalue weighted by molar-refractivity contribution is 7.17. The van der Waals surface area contributed by atoms with Crippen LogP contribution in [-0.4, -0.2) is 4.92 Å². The van der Waals surface area contributed by atoms with Crippen molar-refractivity contribution in [1.29, 1.82) is 0 Å². The highest BCUT2D eigenvalue weighted by atomic mass is 32.1. The molecule has 0 atom stereocenters. The average molecular weight is 178 g/mol. The summed E-state index contributed by atoms with van der Waals surface area (Å²) >= 11 is 1.28. The maximum atomic E-state index is 10.5. The van der Waals surface area contributed by atoms with Crippen LogP contribution >= 0.6 is 11.3 Å². The lowest BCUT2D eigenvalue weighted by Crippen LogP contribution is -1.84. The van der Waals surface area contributed by atoms with Crippen LogP contribution in [0.3, 0.4) is 0 Å². The highest BCUT2D eigenvalue weighted by Crippen LogP contribution is 2.30. The Hall–Kier alpha value is -1.42. The van der Waals surface area contributed by atoms with Gasteiger partial charge in [-0.15, -0.1) is 11.3 Å². The predicted octanol–water partition coefficient (Wildman–Crippen LogP) is 2.61. The van der Waals surface area contributed by atoms with Crippen LogP contribution < -0.4 is 0 Å². The van der Waals surface area contributed by atoms with Gasteiger partial charge in [-0.05, 0) is 12.1 Å². The lowest BCUT2D eigenvalue weighted by Gasteiger charge is -1.86. The lowest BCUT2D eigenvalue weighted by molar-refractivity contribution is -0.383. The van der Waals surface area contributed by atoms with Crippen molar-refractivity contribution in [2.45, 2.75) is 0 Å². The van der Waals surface area contributed by atoms with Crippen LogP contribution in [0.5, 0.6) is 0 Å². The van der Waals surface area contributed by atoms with Crippen LogP contribution in [-0.2, 0) is 0 Å². The average Bonchev–Trinajstić information content (AvgIpc) is 2.47. The maximum Gasteiger partial charge on any atom is 0.296 e. The molecule has 0 saturated heterocycles. The van der Waals surface area contributed by atoms with Crippen LogP contribution in [0.2, 0.25) is 0 Å². The summed E-state index contributed by atoms with van der Waals surface area (Å²) in [5, 5.41) is 13.8. The third-order valence-electron chi connectivity index (χ3n) is 1.58. The van der Waals surface area contributed by atoms with Gasteiger partial charge in [-0.3, -0.25) is 10.1 Å². The number of rotatable bonds is 1. The van der Waals surface area contributed by atoms with E-state index in [2.05, 4.69) is 5.38 Å². The van der Waals surface area contributed by atoms with E-state index >= 15 is 0 Å². The van der Waals surface area contributed by atoms with Gasteiger partial charge in [0.05, 0.1) is 10.3 Å². The van der Waals surface area contributed by atoms with Crippen molar-refractivity contribution < 1.29 is 4.92 Å². The monoisotopic (exact) mass is 178 g/mol. The Kier molecular flexibility index (Phi) is 1.55. The van der Waals surface area contributed by atoms with Gasteiger partial charge >= 0.3 is 0 Å². The van der Waals surface area contributed by atoms with Gasteiger partial charge in [0, 0.05) is 4.70 Å². The van der Waals surface area contributed by atoms with Crippen molar-refractivity contribution in [1.82, 2.24) is 0 Å². The van der Waals surface area contributed by atoms with Crippen LogP contribution in [0.15, 0.2) is 24.3 Å². The second kappa shape index (κ2) is 2.57. The zero-order valence-corrected chi connectivity index (χ0v) is 6.80. The van der Waals surface area contributed by atoms with Gasteiger partial charge in [0.25, 0.3) is 5.69 Å². The van der Waals surface area contributed by atoms with Gasteiger partial charge < -0.3 is 0 Å². The molecule has 0 amide bonds. The van der Waals surface area contributed by atoms with Crippen LogP contribution in [0.4, 0.5) is 5.69 Å². The van der Waals surface area contributed by atoms with Crippen molar-refractivity contribution in [3.8, 4) is 0 Å². The lowest BCUT2D eigenvalue weighted by atomic mass is 10.2. The van der Waals surface area contributed by atoms with Crippen molar-refractivity contribution in [3.05, 3.63) is 39.8 Å². The van der Waals surface area contributed by atoms with Crippen molar-refractivity contribution in [2.75, 3.05) is 0 Å². The summed E-state index contributed by atoms with van der Waals surface area (Å²) < 4.78 is 0.907. The Labute approximate surface area is 72.4 Å². The molecular formula is C8H4NO2S. The molecule has 0 saturated carbocycles. The van der Waals surface area contributed by atoms with Gasteiger partial charge in [0.1, 0.15) is 5.38 Å². The number of benzene rings is 1. The molecule has 4 heteroatoms. The zero-order chi connectivity index (χ0) is 8.55. The first-order valence-corrected chi connectivity index (χ1v) is 4.14. The van der Waals surface area contributed by atoms with Gasteiger partial charge in [-0.25, -0.2) is 0 Å². The summed E-state index contributed by atoms with van der Waals surface area (Å²) in [6, 6.07) is 7.23. The molecule has 0 aliphatic rings. The minimum absolute atomic E-state index is 0.0793. The Morgan fingerprint density at radius 1 is 1.42 bits per heavy atom. The van der Waals surface area contributed by atoms with E-state index in [0.717, 1.165) is 4.70 Å². The van der Waals surface area contributed by atoms with E-state index in [1.807, 2.05) is 12.1 Å². The fourth-order valence-corrected chi connectivity index (χ4v) is 1.86. The number of nitrogens with zero attached hydrogens (tertiary/aromatic N) is 1. The van der Waals surface area contributed by atoms with Crippen LogP contribution in [0.25, 0.3) is 10.1 Å². The molecule has 0 unspecified atom stereocenters. The molecule has 2 aromatic rings. The van der Waals surface area contributed by atoms with Crippen LogP contribution in [0.1, 0.15) is 0 Å². The third-order valence-corrected chi connectivity index (χ3v) is 2.45. The zero-order valence-electron chi connectivity index (χ0n) is 5.98. The smallest absolute Gasteiger partial charge is 0.258 e. The Morgan fingerprint density at radius 3 is 2.92 bits per heavy atom. The molecule has 3 nitrogen and oxygen atoms in total. The molecule has 0 aliphatic carbocycles. The fraction of sp³-hybridized carbons (Fsp3) is 0. The molecule has 1 aromatic heterocycles. The van der Waals surface area contributed by atoms with E-state index in [1.54, 1.807) is 12.1 Å². The summed E-state index contributed by atoms with van der Waals surface area (Å²) in [5.74, 6) is 0. The van der Waals surface area contributed by atoms with Gasteiger partial charge in [-0.2, -0.15) is 0 Å². The van der Waals surface area contributed by atoms with Gasteiger partial charge in [-0.1, -0.05) is 12.1 Å². The number of nitro groups is 1. The fourth-order valence-electron chi connectivity index (χ4n) is 1.05. The minimum atomic E-state index is -0.404. The molecule has 0 spiro atoms. The summed E-state index contributed by atoms with van der Waals surface area (Å²) in [6.07, 6.45) is 0. The van der Waals surface area contributed by atoms with E-state index in [9.17, 15) is 10.1 Å². The van der Waals surface area contributed by atoms with Crippen molar-refractivity contribution >= 4 is 27.1 Å². The summed E-state index contributed by atoms with van der Waals surface area (Å²) in [7, 11) is 0. The Balaban J connectivity index is 2.79. The SMILES string of the molecule is O=[N+]([O-])c1[c]sc2ccccc12. The maximum absolute atomic E-state index is 10.5. The van der Waals surface area contributed by atoms with E-state index in [1.165, 1.54) is 11.3 Å². The summed E-state index contributed by atoms with van der Waals surface area (Å²) in [5.41, 5.74) is 0.0793. The van der Waals surface area contributed by atoms with E-state index in [0.29, 0.717) is 5.39 Å². The molecule has 1 aromatic carbocycles. The second-order valence-corrected chi connectivity index (χ2v) is 3.15. The third kappa shape index (κ3) is 0.967. The first-order chi connectivity index (χ1) is 5.79. The predicted molar refractivity (Wildman–Crippen MR) is 47.3 cm³/mol. The quantitative estimate of drug-likeness (QED) is 0.497. The Bertz CT molecular complexity index is 435. The Morgan fingerprint density at radius 2 is 2.17 bits per heavy atom. The molecular weight excluding hydrogens is 174 g/mol. The summed E-state index contributed by atoms with van der Waals surface area (Å²) in [6.45, 7) is 0. The molecule has 12 heavy (non-hydrogen) atoms. The molecule has 2 rings (SSSR count). The molecule has 59 valence electrons. The second-order valence-electron chi connectivity index (χ2n) is 2.31. The highest BCUT2D eigenvalue weighted by Gasteiger charge is 2.13. The van der Waals surface area contributed by atoms with Crippen molar-refractivity contribution in [3.63, 3.8) is 0 Å². The standard InChI is InChI=1S/C8H4NO2S/c10-9(11)7-5-12-8-4-2-1-3-6(7)8/h1-4H. The largest absolute Gasteiger partial charge is 0.296 e. The molecule has 0 fully saturated rings. The molecule has 0 aliphatic heterocycles. The molecule has 0 bridgehead atoms. The normalized spacial score (nSPS) is 10.3. The number of thiophene rings is 1. The van der Waals surface area contributed by atoms with Crippen molar-refractivity contribution in [2.24, 2.45) is 0 Å². The van der Waals surface area contributed by atoms with Crippen LogP contribution in [0, 0.1) is 15.5 Å². The van der Waals surface area contributed by atoms with Gasteiger partial charge in [0.15, 0.2) is 0 Å². The first kappa shape index (κ1) is 7.24. The van der Waals surface area contributed by atoms with E-state index in [4.69, 9.17) is 0 Å². The molecule has 0 N–H and O–H groups in total. The number of hydrogen-bond donors (Lipinski definition) is 0. The number of hydrogen-bond acceptors (Lipinski definition) is 3. The molecule has 1 radical (unpaired) electrons. The number of fused-ring (bicyclic) bond motifs is 1. The minimum Gasteiger partial charge on any atom is -0.258 e.